The molecule has 0 spiro atoms. The summed E-state index contributed by atoms with van der Waals surface area (Å²) < 4.78 is 0. The highest BCUT2D eigenvalue weighted by Crippen LogP contribution is 2.07. The number of carbonyl (C=O) groups is 2. The molecule has 1 atom stereocenters. The van der Waals surface area contributed by atoms with E-state index in [-0.39, 0.29) is 24.2 Å². The first-order valence-electron chi connectivity index (χ1n) is 5.01. The summed E-state index contributed by atoms with van der Waals surface area (Å²) in [5.41, 5.74) is 5.08. The van der Waals surface area contributed by atoms with Crippen LogP contribution in [-0.4, -0.2) is 35.7 Å². The topological polar surface area (TPSA) is 63.4 Å². The van der Waals surface area contributed by atoms with Crippen LogP contribution in [0.3, 0.4) is 0 Å². The van der Waals surface area contributed by atoms with Gasteiger partial charge in [0.2, 0.25) is 11.8 Å². The summed E-state index contributed by atoms with van der Waals surface area (Å²) in [6.45, 7) is 6.20. The Bertz CT molecular complexity index is 231. The fourth-order valence-electron chi connectivity index (χ4n) is 1.24. The first-order chi connectivity index (χ1) is 6.88. The van der Waals surface area contributed by atoms with E-state index in [2.05, 4.69) is 0 Å². The van der Waals surface area contributed by atoms with Crippen LogP contribution in [0, 0.1) is 11.8 Å². The molecular formula is C10H19ClN2O2. The maximum atomic E-state index is 11.8. The van der Waals surface area contributed by atoms with Crippen LogP contribution in [0.1, 0.15) is 20.8 Å². The van der Waals surface area contributed by atoms with Gasteiger partial charge in [0.1, 0.15) is 0 Å². The van der Waals surface area contributed by atoms with Crippen LogP contribution in [0.25, 0.3) is 0 Å². The fourth-order valence-corrected chi connectivity index (χ4v) is 1.37. The molecule has 4 nitrogen and oxygen atoms in total. The molecule has 2 amide bonds. The lowest BCUT2D eigenvalue weighted by Gasteiger charge is -2.25. The van der Waals surface area contributed by atoms with Crippen LogP contribution in [0.2, 0.25) is 0 Å². The number of alkyl halides is 1. The average Bonchev–Trinajstić information content (AvgIpc) is 2.13. The first kappa shape index (κ1) is 14.2. The van der Waals surface area contributed by atoms with E-state index in [0.29, 0.717) is 12.5 Å². The van der Waals surface area contributed by atoms with Crippen molar-refractivity contribution in [3.63, 3.8) is 0 Å². The second kappa shape index (κ2) is 6.67. The molecule has 5 heteroatoms. The maximum Gasteiger partial charge on any atom is 0.237 e. The molecule has 0 aromatic carbocycles. The van der Waals surface area contributed by atoms with Crippen molar-refractivity contribution < 1.29 is 9.59 Å². The van der Waals surface area contributed by atoms with Gasteiger partial charge in [0.15, 0.2) is 0 Å². The summed E-state index contributed by atoms with van der Waals surface area (Å²) in [6.07, 6.45) is 0. The zero-order valence-electron chi connectivity index (χ0n) is 9.50. The van der Waals surface area contributed by atoms with Crippen molar-refractivity contribution in [2.45, 2.75) is 20.8 Å². The van der Waals surface area contributed by atoms with Gasteiger partial charge >= 0.3 is 0 Å². The number of hydrogen-bond donors (Lipinski definition) is 1. The largest absolute Gasteiger partial charge is 0.368 e. The minimum Gasteiger partial charge on any atom is -0.368 e. The molecule has 0 saturated heterocycles. The molecule has 0 aliphatic heterocycles. The number of hydrogen-bond acceptors (Lipinski definition) is 2. The van der Waals surface area contributed by atoms with Gasteiger partial charge < -0.3 is 10.6 Å². The van der Waals surface area contributed by atoms with Crippen LogP contribution >= 0.6 is 11.6 Å². The van der Waals surface area contributed by atoms with E-state index in [9.17, 15) is 9.59 Å². The molecule has 0 rings (SSSR count). The van der Waals surface area contributed by atoms with Gasteiger partial charge in [-0.25, -0.2) is 0 Å². The number of halogens is 1. The molecule has 0 aromatic rings. The molecule has 0 heterocycles. The third-order valence-electron chi connectivity index (χ3n) is 1.90. The lowest BCUT2D eigenvalue weighted by Crippen LogP contribution is -2.43. The Labute approximate surface area is 95.7 Å². The van der Waals surface area contributed by atoms with E-state index in [0.717, 1.165) is 0 Å². The molecule has 0 bridgehead atoms. The molecule has 0 aliphatic carbocycles. The second-order valence-electron chi connectivity index (χ2n) is 4.13. The van der Waals surface area contributed by atoms with Gasteiger partial charge in [-0.2, -0.15) is 0 Å². The fraction of sp³-hybridized carbons (Fsp3) is 0.800. The highest BCUT2D eigenvalue weighted by atomic mass is 35.5. The van der Waals surface area contributed by atoms with Crippen molar-refractivity contribution in [3.05, 3.63) is 0 Å². The number of nitrogens with two attached hydrogens (primary N) is 1. The molecule has 0 aliphatic rings. The van der Waals surface area contributed by atoms with Crippen LogP contribution in [0.15, 0.2) is 0 Å². The molecule has 0 fully saturated rings. The van der Waals surface area contributed by atoms with Crippen molar-refractivity contribution in [2.24, 2.45) is 17.6 Å². The summed E-state index contributed by atoms with van der Waals surface area (Å²) in [5.74, 6) is -0.324. The normalized spacial score (nSPS) is 12.6. The summed E-state index contributed by atoms with van der Waals surface area (Å²) in [4.78, 5) is 24.1. The Kier molecular flexibility index (Phi) is 6.32. The van der Waals surface area contributed by atoms with E-state index in [4.69, 9.17) is 17.3 Å². The van der Waals surface area contributed by atoms with Gasteiger partial charge in [-0.1, -0.05) is 20.8 Å². The molecule has 0 saturated carbocycles. The summed E-state index contributed by atoms with van der Waals surface area (Å²) >= 11 is 5.60. The first-order valence-corrected chi connectivity index (χ1v) is 5.55. The molecule has 88 valence electrons. The van der Waals surface area contributed by atoms with Crippen molar-refractivity contribution in [3.8, 4) is 0 Å². The minimum atomic E-state index is -0.495. The minimum absolute atomic E-state index is 0.0295. The third-order valence-corrected chi connectivity index (χ3v) is 2.36. The maximum absolute atomic E-state index is 11.8. The molecule has 0 radical (unpaired) electrons. The molecule has 2 N–H and O–H groups in total. The van der Waals surface area contributed by atoms with Gasteiger partial charge in [0.05, 0.1) is 6.54 Å². The highest BCUT2D eigenvalue weighted by molar-refractivity contribution is 6.19. The molecule has 1 unspecified atom stereocenters. The van der Waals surface area contributed by atoms with Gasteiger partial charge in [-0.3, -0.25) is 9.59 Å². The number of rotatable bonds is 6. The predicted octanol–water partition coefficient (Wildman–Crippen LogP) is 0.831. The highest BCUT2D eigenvalue weighted by Gasteiger charge is 2.21. The lowest BCUT2D eigenvalue weighted by molar-refractivity contribution is -0.138. The van der Waals surface area contributed by atoms with Crippen LogP contribution in [0.5, 0.6) is 0 Å². The summed E-state index contributed by atoms with van der Waals surface area (Å²) in [7, 11) is 0. The van der Waals surface area contributed by atoms with E-state index >= 15 is 0 Å². The van der Waals surface area contributed by atoms with E-state index in [1.165, 1.54) is 4.90 Å². The second-order valence-corrected chi connectivity index (χ2v) is 4.44. The number of primary amides is 1. The SMILES string of the molecule is CC(C)CN(CC(N)=O)C(=O)C(C)CCl. The van der Waals surface area contributed by atoms with Crippen molar-refractivity contribution >= 4 is 23.4 Å². The Morgan fingerprint density at radius 2 is 1.87 bits per heavy atom. The van der Waals surface area contributed by atoms with E-state index < -0.39 is 5.91 Å². The molecule has 15 heavy (non-hydrogen) atoms. The number of carbonyl (C=O) groups excluding carboxylic acids is 2. The average molecular weight is 235 g/mol. The summed E-state index contributed by atoms with van der Waals surface area (Å²) in [5, 5.41) is 0. The smallest absolute Gasteiger partial charge is 0.237 e. The van der Waals surface area contributed by atoms with Crippen molar-refractivity contribution in [2.75, 3.05) is 19.0 Å². The van der Waals surface area contributed by atoms with Crippen LogP contribution < -0.4 is 5.73 Å². The standard InChI is InChI=1S/C10H19ClN2O2/c1-7(2)5-13(6-9(12)14)10(15)8(3)4-11/h7-8H,4-6H2,1-3H3,(H2,12,14). The Balaban J connectivity index is 4.47. The Morgan fingerprint density at radius 3 is 2.20 bits per heavy atom. The number of amides is 2. The number of nitrogens with zero attached hydrogens (tertiary/aromatic N) is 1. The van der Waals surface area contributed by atoms with Gasteiger partial charge in [-0.15, -0.1) is 11.6 Å². The van der Waals surface area contributed by atoms with Gasteiger partial charge in [-0.05, 0) is 5.92 Å². The Hall–Kier alpha value is -0.770. The van der Waals surface area contributed by atoms with Gasteiger partial charge in [0, 0.05) is 18.3 Å². The van der Waals surface area contributed by atoms with Crippen molar-refractivity contribution in [1.82, 2.24) is 4.90 Å². The zero-order valence-corrected chi connectivity index (χ0v) is 10.3. The van der Waals surface area contributed by atoms with Crippen LogP contribution in [-0.2, 0) is 9.59 Å². The summed E-state index contributed by atoms with van der Waals surface area (Å²) in [6, 6.07) is 0. The van der Waals surface area contributed by atoms with E-state index in [1.807, 2.05) is 13.8 Å². The lowest BCUT2D eigenvalue weighted by atomic mass is 10.1. The monoisotopic (exact) mass is 234 g/mol. The van der Waals surface area contributed by atoms with Crippen LogP contribution in [0.4, 0.5) is 0 Å². The van der Waals surface area contributed by atoms with Crippen molar-refractivity contribution in [1.29, 1.82) is 0 Å². The molecule has 0 aromatic heterocycles. The van der Waals surface area contributed by atoms with Gasteiger partial charge in [0.25, 0.3) is 0 Å². The third kappa shape index (κ3) is 5.62. The zero-order chi connectivity index (χ0) is 12.0. The Morgan fingerprint density at radius 1 is 1.33 bits per heavy atom. The predicted molar refractivity (Wildman–Crippen MR) is 60.5 cm³/mol. The van der Waals surface area contributed by atoms with E-state index in [1.54, 1.807) is 6.92 Å². The molecular weight excluding hydrogens is 216 g/mol. The quantitative estimate of drug-likeness (QED) is 0.692.